The van der Waals surface area contributed by atoms with E-state index in [9.17, 15) is 4.79 Å². The molecule has 5 heteroatoms. The molecular formula is C17H24N4O. The zero-order chi connectivity index (χ0) is 16.2. The molecule has 0 saturated heterocycles. The average Bonchev–Trinajstić information content (AvgIpc) is 2.84. The Bertz CT molecular complexity index is 626. The van der Waals surface area contributed by atoms with Gasteiger partial charge in [0.2, 0.25) is 5.91 Å². The lowest BCUT2D eigenvalue weighted by atomic mass is 9.96. The van der Waals surface area contributed by atoms with Crippen LogP contribution in [0.3, 0.4) is 0 Å². The van der Waals surface area contributed by atoms with E-state index in [4.69, 9.17) is 5.73 Å². The summed E-state index contributed by atoms with van der Waals surface area (Å²) in [4.78, 5) is 11.8. The molecule has 2 aromatic rings. The number of nitrogen functional groups attached to an aromatic ring is 1. The standard InChI is InChI=1S/C17H24N4O/c1-17(2,3)16(22)19-11-7-8-13-12-15(18)21(20-13)14-9-5-4-6-10-14/h4-6,9-10,12H,7-8,11,18H2,1-3H3,(H,19,22). The normalized spacial score (nSPS) is 11.4. The molecule has 0 aliphatic heterocycles. The van der Waals surface area contributed by atoms with Crippen molar-refractivity contribution in [1.82, 2.24) is 15.1 Å². The number of carbonyl (C=O) groups is 1. The Kier molecular flexibility index (Phi) is 4.85. The minimum Gasteiger partial charge on any atom is -0.384 e. The fourth-order valence-corrected chi connectivity index (χ4v) is 2.08. The molecule has 1 amide bonds. The third-order valence-corrected chi connectivity index (χ3v) is 3.36. The largest absolute Gasteiger partial charge is 0.384 e. The average molecular weight is 300 g/mol. The maximum atomic E-state index is 11.8. The van der Waals surface area contributed by atoms with Crippen LogP contribution in [0, 0.1) is 5.41 Å². The molecule has 0 unspecified atom stereocenters. The minimum absolute atomic E-state index is 0.0711. The second-order valence-electron chi connectivity index (χ2n) is 6.42. The van der Waals surface area contributed by atoms with E-state index in [0.717, 1.165) is 24.2 Å². The lowest BCUT2D eigenvalue weighted by molar-refractivity contribution is -0.128. The van der Waals surface area contributed by atoms with Crippen molar-refractivity contribution in [2.24, 2.45) is 5.41 Å². The molecule has 1 heterocycles. The van der Waals surface area contributed by atoms with Crippen molar-refractivity contribution in [2.75, 3.05) is 12.3 Å². The highest BCUT2D eigenvalue weighted by molar-refractivity contribution is 5.81. The molecule has 1 aromatic heterocycles. The summed E-state index contributed by atoms with van der Waals surface area (Å²) in [6, 6.07) is 11.7. The number of nitrogens with zero attached hydrogens (tertiary/aromatic N) is 2. The quantitative estimate of drug-likeness (QED) is 0.833. The first-order valence-electron chi connectivity index (χ1n) is 7.56. The first-order valence-corrected chi connectivity index (χ1v) is 7.56. The SMILES string of the molecule is CC(C)(C)C(=O)NCCCc1cc(N)n(-c2ccccc2)n1. The van der Waals surface area contributed by atoms with Gasteiger partial charge in [-0.3, -0.25) is 4.79 Å². The summed E-state index contributed by atoms with van der Waals surface area (Å²) in [5, 5.41) is 7.47. The molecule has 0 bridgehead atoms. The number of nitrogens with two attached hydrogens (primary N) is 1. The van der Waals surface area contributed by atoms with Crippen LogP contribution in [-0.2, 0) is 11.2 Å². The van der Waals surface area contributed by atoms with Gasteiger partial charge in [-0.15, -0.1) is 0 Å². The maximum absolute atomic E-state index is 11.8. The summed E-state index contributed by atoms with van der Waals surface area (Å²) in [7, 11) is 0. The van der Waals surface area contributed by atoms with Crippen LogP contribution < -0.4 is 11.1 Å². The number of hydrogen-bond donors (Lipinski definition) is 2. The van der Waals surface area contributed by atoms with Crippen molar-refractivity contribution in [1.29, 1.82) is 0 Å². The van der Waals surface area contributed by atoms with Gasteiger partial charge in [0.15, 0.2) is 0 Å². The van der Waals surface area contributed by atoms with E-state index in [2.05, 4.69) is 10.4 Å². The summed E-state index contributed by atoms with van der Waals surface area (Å²) in [6.07, 6.45) is 1.63. The van der Waals surface area contributed by atoms with Crippen molar-refractivity contribution in [2.45, 2.75) is 33.6 Å². The molecule has 0 atom stereocenters. The molecule has 118 valence electrons. The molecule has 0 fully saturated rings. The Balaban J connectivity index is 1.89. The van der Waals surface area contributed by atoms with E-state index in [1.165, 1.54) is 0 Å². The van der Waals surface area contributed by atoms with Gasteiger partial charge in [-0.05, 0) is 25.0 Å². The van der Waals surface area contributed by atoms with E-state index >= 15 is 0 Å². The maximum Gasteiger partial charge on any atom is 0.225 e. The molecule has 22 heavy (non-hydrogen) atoms. The van der Waals surface area contributed by atoms with Gasteiger partial charge in [-0.25, -0.2) is 4.68 Å². The topological polar surface area (TPSA) is 72.9 Å². The molecule has 3 N–H and O–H groups in total. The van der Waals surface area contributed by atoms with Gasteiger partial charge < -0.3 is 11.1 Å². The number of amides is 1. The molecule has 0 spiro atoms. The third kappa shape index (κ3) is 4.10. The summed E-state index contributed by atoms with van der Waals surface area (Å²) in [5.41, 5.74) is 7.55. The van der Waals surface area contributed by atoms with Crippen LogP contribution in [0.15, 0.2) is 36.4 Å². The number of hydrogen-bond acceptors (Lipinski definition) is 3. The smallest absolute Gasteiger partial charge is 0.225 e. The summed E-state index contributed by atoms with van der Waals surface area (Å²) in [6.45, 7) is 6.37. The number of benzene rings is 1. The Labute approximate surface area is 131 Å². The van der Waals surface area contributed by atoms with Gasteiger partial charge in [0.1, 0.15) is 5.82 Å². The van der Waals surface area contributed by atoms with Gasteiger partial charge in [0.25, 0.3) is 0 Å². The van der Waals surface area contributed by atoms with Crippen LogP contribution in [0.25, 0.3) is 5.69 Å². The van der Waals surface area contributed by atoms with Gasteiger partial charge in [-0.1, -0.05) is 39.0 Å². The first-order chi connectivity index (χ1) is 10.4. The van der Waals surface area contributed by atoms with Crippen LogP contribution in [0.1, 0.15) is 32.9 Å². The van der Waals surface area contributed by atoms with Crippen molar-refractivity contribution in [3.05, 3.63) is 42.1 Å². The lowest BCUT2D eigenvalue weighted by Gasteiger charge is -2.17. The van der Waals surface area contributed by atoms with Gasteiger partial charge >= 0.3 is 0 Å². The molecule has 0 aliphatic carbocycles. The molecule has 1 aromatic carbocycles. The zero-order valence-corrected chi connectivity index (χ0v) is 13.5. The molecular weight excluding hydrogens is 276 g/mol. The predicted octanol–water partition coefficient (Wildman–Crippen LogP) is 2.55. The summed E-state index contributed by atoms with van der Waals surface area (Å²) in [5.74, 6) is 0.696. The summed E-state index contributed by atoms with van der Waals surface area (Å²) < 4.78 is 1.74. The van der Waals surface area contributed by atoms with E-state index in [1.54, 1.807) is 4.68 Å². The van der Waals surface area contributed by atoms with E-state index in [0.29, 0.717) is 12.4 Å². The minimum atomic E-state index is -0.348. The van der Waals surface area contributed by atoms with Gasteiger partial charge in [0, 0.05) is 18.0 Å². The highest BCUT2D eigenvalue weighted by Gasteiger charge is 2.20. The number of rotatable bonds is 5. The molecule has 0 aliphatic rings. The van der Waals surface area contributed by atoms with Gasteiger partial charge in [0.05, 0.1) is 11.4 Å². The van der Waals surface area contributed by atoms with Crippen LogP contribution in [0.4, 0.5) is 5.82 Å². The number of para-hydroxylation sites is 1. The number of aromatic nitrogens is 2. The Morgan fingerprint density at radius 1 is 1.27 bits per heavy atom. The van der Waals surface area contributed by atoms with Crippen LogP contribution in [-0.4, -0.2) is 22.2 Å². The Hall–Kier alpha value is -2.30. The molecule has 0 saturated carbocycles. The number of aryl methyl sites for hydroxylation is 1. The van der Waals surface area contributed by atoms with Gasteiger partial charge in [-0.2, -0.15) is 5.10 Å². The fourth-order valence-electron chi connectivity index (χ4n) is 2.08. The molecule has 0 radical (unpaired) electrons. The lowest BCUT2D eigenvalue weighted by Crippen LogP contribution is -2.35. The third-order valence-electron chi connectivity index (χ3n) is 3.36. The van der Waals surface area contributed by atoms with Crippen molar-refractivity contribution < 1.29 is 4.79 Å². The monoisotopic (exact) mass is 300 g/mol. The van der Waals surface area contributed by atoms with Crippen molar-refractivity contribution in [3.63, 3.8) is 0 Å². The summed E-state index contributed by atoms with van der Waals surface area (Å²) >= 11 is 0. The van der Waals surface area contributed by atoms with Crippen molar-refractivity contribution in [3.8, 4) is 5.69 Å². The predicted molar refractivity (Wildman–Crippen MR) is 88.8 cm³/mol. The molecule has 2 rings (SSSR count). The first kappa shape index (κ1) is 16.1. The van der Waals surface area contributed by atoms with Crippen molar-refractivity contribution >= 4 is 11.7 Å². The molecule has 5 nitrogen and oxygen atoms in total. The van der Waals surface area contributed by atoms with E-state index < -0.39 is 0 Å². The number of carbonyl (C=O) groups excluding carboxylic acids is 1. The zero-order valence-electron chi connectivity index (χ0n) is 13.5. The fraction of sp³-hybridized carbons (Fsp3) is 0.412. The van der Waals surface area contributed by atoms with Crippen LogP contribution >= 0.6 is 0 Å². The van der Waals surface area contributed by atoms with E-state index in [-0.39, 0.29) is 11.3 Å². The highest BCUT2D eigenvalue weighted by atomic mass is 16.2. The number of nitrogens with one attached hydrogen (secondary N) is 1. The number of anilines is 1. The highest BCUT2D eigenvalue weighted by Crippen LogP contribution is 2.15. The Morgan fingerprint density at radius 2 is 1.95 bits per heavy atom. The second-order valence-corrected chi connectivity index (χ2v) is 6.42. The van der Waals surface area contributed by atoms with Crippen LogP contribution in [0.2, 0.25) is 0 Å². The van der Waals surface area contributed by atoms with E-state index in [1.807, 2.05) is 57.2 Å². The second kappa shape index (κ2) is 6.64. The van der Waals surface area contributed by atoms with Crippen LogP contribution in [0.5, 0.6) is 0 Å². The Morgan fingerprint density at radius 3 is 2.59 bits per heavy atom.